The van der Waals surface area contributed by atoms with E-state index in [1.807, 2.05) is 0 Å². The lowest BCUT2D eigenvalue weighted by Crippen LogP contribution is -2.25. The SMILES string of the molecule is CNc1c(NC2CCC(CO)O2)nc(N)[nH]c1=O. The van der Waals surface area contributed by atoms with Crippen LogP contribution < -0.4 is 21.9 Å². The Kier molecular flexibility index (Phi) is 3.68. The van der Waals surface area contributed by atoms with E-state index in [9.17, 15) is 4.79 Å². The molecule has 2 unspecified atom stereocenters. The fraction of sp³-hybridized carbons (Fsp3) is 0.600. The molecular formula is C10H17N5O3. The molecule has 0 aliphatic carbocycles. The number of rotatable bonds is 4. The lowest BCUT2D eigenvalue weighted by molar-refractivity contribution is 0.0234. The van der Waals surface area contributed by atoms with Gasteiger partial charge in [0.2, 0.25) is 5.95 Å². The molecule has 2 atom stereocenters. The van der Waals surface area contributed by atoms with Crippen LogP contribution in [-0.2, 0) is 4.74 Å². The van der Waals surface area contributed by atoms with E-state index in [4.69, 9.17) is 15.6 Å². The molecule has 1 fully saturated rings. The van der Waals surface area contributed by atoms with Gasteiger partial charge in [-0.05, 0) is 12.8 Å². The van der Waals surface area contributed by atoms with Crippen molar-refractivity contribution in [3.63, 3.8) is 0 Å². The van der Waals surface area contributed by atoms with E-state index < -0.39 is 0 Å². The molecule has 2 heterocycles. The van der Waals surface area contributed by atoms with Gasteiger partial charge in [-0.3, -0.25) is 9.78 Å². The van der Waals surface area contributed by atoms with Crippen LogP contribution in [0.2, 0.25) is 0 Å². The van der Waals surface area contributed by atoms with Gasteiger partial charge in [-0.2, -0.15) is 4.98 Å². The Bertz CT molecular complexity index is 475. The van der Waals surface area contributed by atoms with E-state index >= 15 is 0 Å². The van der Waals surface area contributed by atoms with E-state index in [1.54, 1.807) is 7.05 Å². The quantitative estimate of drug-likeness (QED) is 0.482. The zero-order valence-electron chi connectivity index (χ0n) is 10.1. The van der Waals surface area contributed by atoms with Crippen molar-refractivity contribution < 1.29 is 9.84 Å². The fourth-order valence-electron chi connectivity index (χ4n) is 1.93. The van der Waals surface area contributed by atoms with Crippen LogP contribution in [0.25, 0.3) is 0 Å². The number of nitrogens with two attached hydrogens (primary N) is 1. The van der Waals surface area contributed by atoms with Gasteiger partial charge in [0.25, 0.3) is 5.56 Å². The summed E-state index contributed by atoms with van der Waals surface area (Å²) in [6.45, 7) is -0.0119. The van der Waals surface area contributed by atoms with Crippen molar-refractivity contribution in [2.45, 2.75) is 25.2 Å². The molecule has 0 radical (unpaired) electrons. The summed E-state index contributed by atoms with van der Waals surface area (Å²) >= 11 is 0. The number of H-pyrrole nitrogens is 1. The predicted octanol–water partition coefficient (Wildman–Crippen LogP) is -0.697. The Morgan fingerprint density at radius 3 is 3.00 bits per heavy atom. The first-order valence-electron chi connectivity index (χ1n) is 5.74. The third kappa shape index (κ3) is 2.54. The first kappa shape index (κ1) is 12.7. The summed E-state index contributed by atoms with van der Waals surface area (Å²) in [5, 5.41) is 14.7. The monoisotopic (exact) mass is 255 g/mol. The Balaban J connectivity index is 2.16. The average molecular weight is 255 g/mol. The minimum absolute atomic E-state index is 0.0119. The predicted molar refractivity (Wildman–Crippen MR) is 67.4 cm³/mol. The third-order valence-electron chi connectivity index (χ3n) is 2.80. The van der Waals surface area contributed by atoms with Gasteiger partial charge in [-0.1, -0.05) is 0 Å². The van der Waals surface area contributed by atoms with Crippen LogP contribution in [0.15, 0.2) is 4.79 Å². The van der Waals surface area contributed by atoms with Crippen molar-refractivity contribution in [1.82, 2.24) is 9.97 Å². The van der Waals surface area contributed by atoms with E-state index in [1.165, 1.54) is 0 Å². The number of aromatic nitrogens is 2. The number of aliphatic hydroxyl groups excluding tert-OH is 1. The van der Waals surface area contributed by atoms with Gasteiger partial charge in [0.1, 0.15) is 11.9 Å². The maximum Gasteiger partial charge on any atom is 0.277 e. The molecule has 0 aromatic carbocycles. The van der Waals surface area contributed by atoms with Crippen LogP contribution in [0.4, 0.5) is 17.5 Å². The molecule has 2 rings (SSSR count). The third-order valence-corrected chi connectivity index (χ3v) is 2.80. The Labute approximate surface area is 104 Å². The van der Waals surface area contributed by atoms with E-state index in [2.05, 4.69) is 20.6 Å². The van der Waals surface area contributed by atoms with Crippen LogP contribution in [0.3, 0.4) is 0 Å². The molecule has 1 aliphatic heterocycles. The fourth-order valence-corrected chi connectivity index (χ4v) is 1.93. The molecule has 8 heteroatoms. The van der Waals surface area contributed by atoms with E-state index in [-0.39, 0.29) is 30.4 Å². The molecule has 8 nitrogen and oxygen atoms in total. The molecule has 0 spiro atoms. The molecule has 0 amide bonds. The molecule has 18 heavy (non-hydrogen) atoms. The number of aliphatic hydroxyl groups is 1. The van der Waals surface area contributed by atoms with E-state index in [0.29, 0.717) is 11.5 Å². The molecule has 1 saturated heterocycles. The summed E-state index contributed by atoms with van der Waals surface area (Å²) < 4.78 is 5.51. The summed E-state index contributed by atoms with van der Waals surface area (Å²) in [5.41, 5.74) is 5.46. The zero-order valence-corrected chi connectivity index (χ0v) is 10.1. The van der Waals surface area contributed by atoms with Crippen LogP contribution in [-0.4, -0.2) is 41.1 Å². The van der Waals surface area contributed by atoms with Gasteiger partial charge in [-0.15, -0.1) is 0 Å². The summed E-state index contributed by atoms with van der Waals surface area (Å²) in [5.74, 6) is 0.389. The van der Waals surface area contributed by atoms with Gasteiger partial charge in [0, 0.05) is 7.05 Å². The standard InChI is InChI=1S/C10H17N5O3/c1-12-7-8(14-10(11)15-9(7)17)13-6-3-2-5(4-16)18-6/h5-6,12,16H,2-4H2,1H3,(H4,11,13,14,15,17). The van der Waals surface area contributed by atoms with Crippen LogP contribution >= 0.6 is 0 Å². The molecule has 1 aromatic rings. The number of ether oxygens (including phenoxy) is 1. The normalized spacial score (nSPS) is 23.0. The Morgan fingerprint density at radius 2 is 2.39 bits per heavy atom. The largest absolute Gasteiger partial charge is 0.394 e. The summed E-state index contributed by atoms with van der Waals surface area (Å²) in [6, 6.07) is 0. The average Bonchev–Trinajstić information content (AvgIpc) is 2.76. The summed E-state index contributed by atoms with van der Waals surface area (Å²) in [4.78, 5) is 18.1. The van der Waals surface area contributed by atoms with Gasteiger partial charge in [-0.25, -0.2) is 0 Å². The van der Waals surface area contributed by atoms with Crippen molar-refractivity contribution in [2.24, 2.45) is 0 Å². The molecule has 6 N–H and O–H groups in total. The highest BCUT2D eigenvalue weighted by Crippen LogP contribution is 2.23. The summed E-state index contributed by atoms with van der Waals surface area (Å²) in [7, 11) is 1.62. The van der Waals surface area contributed by atoms with Crippen molar-refractivity contribution in [2.75, 3.05) is 30.0 Å². The molecule has 0 saturated carbocycles. The maximum absolute atomic E-state index is 11.6. The highest BCUT2D eigenvalue weighted by atomic mass is 16.5. The van der Waals surface area contributed by atoms with Crippen molar-refractivity contribution in [3.8, 4) is 0 Å². The van der Waals surface area contributed by atoms with Gasteiger partial charge in [0.05, 0.1) is 12.7 Å². The van der Waals surface area contributed by atoms with Crippen LogP contribution in [0.5, 0.6) is 0 Å². The first-order chi connectivity index (χ1) is 8.63. The highest BCUT2D eigenvalue weighted by molar-refractivity contribution is 5.64. The van der Waals surface area contributed by atoms with Gasteiger partial charge >= 0.3 is 0 Å². The number of nitrogens with one attached hydrogen (secondary N) is 3. The summed E-state index contributed by atoms with van der Waals surface area (Å²) in [6.07, 6.45) is 1.06. The lowest BCUT2D eigenvalue weighted by atomic mass is 10.2. The molecule has 1 aromatic heterocycles. The second-order valence-corrected chi connectivity index (χ2v) is 4.08. The van der Waals surface area contributed by atoms with Crippen molar-refractivity contribution in [3.05, 3.63) is 10.4 Å². The number of nitrogens with zero attached hydrogens (tertiary/aromatic N) is 1. The molecular weight excluding hydrogens is 238 g/mol. The van der Waals surface area contributed by atoms with Crippen molar-refractivity contribution >= 4 is 17.5 Å². The second-order valence-electron chi connectivity index (χ2n) is 4.08. The number of hydrogen-bond acceptors (Lipinski definition) is 7. The lowest BCUT2D eigenvalue weighted by Gasteiger charge is -2.16. The topological polar surface area (TPSA) is 125 Å². The van der Waals surface area contributed by atoms with Gasteiger partial charge < -0.3 is 26.2 Å². The minimum atomic E-state index is -0.343. The number of anilines is 3. The number of aromatic amines is 1. The van der Waals surface area contributed by atoms with Gasteiger partial charge in [0.15, 0.2) is 5.82 Å². The number of hydrogen-bond donors (Lipinski definition) is 5. The molecule has 1 aliphatic rings. The van der Waals surface area contributed by atoms with Crippen LogP contribution in [0, 0.1) is 0 Å². The smallest absolute Gasteiger partial charge is 0.277 e. The van der Waals surface area contributed by atoms with Crippen LogP contribution in [0.1, 0.15) is 12.8 Å². The highest BCUT2D eigenvalue weighted by Gasteiger charge is 2.25. The Hall–Kier alpha value is -1.80. The maximum atomic E-state index is 11.6. The van der Waals surface area contributed by atoms with Crippen molar-refractivity contribution in [1.29, 1.82) is 0 Å². The second kappa shape index (κ2) is 5.23. The minimum Gasteiger partial charge on any atom is -0.394 e. The Morgan fingerprint density at radius 1 is 1.61 bits per heavy atom. The first-order valence-corrected chi connectivity index (χ1v) is 5.74. The molecule has 0 bridgehead atoms. The van der Waals surface area contributed by atoms with E-state index in [0.717, 1.165) is 12.8 Å². The number of nitrogen functional groups attached to an aromatic ring is 1. The molecule has 100 valence electrons. The zero-order chi connectivity index (χ0) is 13.1.